The van der Waals surface area contributed by atoms with Gasteiger partial charge >= 0.3 is 0 Å². The first-order chi connectivity index (χ1) is 10.7. The standard InChI is InChI=1S/C15H25N5O2/c1-13(15(21)18-5-7-22-8-6-18)19-4-2-3-14(9-19)10-20-12-16-11-17-20/h11-14H,2-10H2,1H3. The Hall–Kier alpha value is -1.47. The predicted molar refractivity (Wildman–Crippen MR) is 81.2 cm³/mol. The molecule has 0 bridgehead atoms. The molecule has 2 unspecified atom stereocenters. The summed E-state index contributed by atoms with van der Waals surface area (Å²) in [5.74, 6) is 0.778. The van der Waals surface area contributed by atoms with E-state index >= 15 is 0 Å². The Labute approximate surface area is 131 Å². The second kappa shape index (κ2) is 7.19. The van der Waals surface area contributed by atoms with Gasteiger partial charge in [0.15, 0.2) is 0 Å². The van der Waals surface area contributed by atoms with Gasteiger partial charge in [-0.15, -0.1) is 0 Å². The highest BCUT2D eigenvalue weighted by molar-refractivity contribution is 5.81. The molecule has 7 heteroatoms. The maximum atomic E-state index is 12.6. The van der Waals surface area contributed by atoms with Crippen LogP contribution in [-0.4, -0.2) is 75.9 Å². The molecule has 1 aromatic heterocycles. The lowest BCUT2D eigenvalue weighted by atomic mass is 9.96. The van der Waals surface area contributed by atoms with Crippen LogP contribution in [0.2, 0.25) is 0 Å². The monoisotopic (exact) mass is 307 g/mol. The van der Waals surface area contributed by atoms with Gasteiger partial charge < -0.3 is 9.64 Å². The fraction of sp³-hybridized carbons (Fsp3) is 0.800. The largest absolute Gasteiger partial charge is 0.378 e. The molecule has 2 fully saturated rings. The highest BCUT2D eigenvalue weighted by Crippen LogP contribution is 2.20. The number of carbonyl (C=O) groups excluding carboxylic acids is 1. The van der Waals surface area contributed by atoms with Gasteiger partial charge in [0, 0.05) is 26.2 Å². The molecule has 0 aromatic carbocycles. The summed E-state index contributed by atoms with van der Waals surface area (Å²) in [6.45, 7) is 7.65. The Kier molecular flexibility index (Phi) is 5.04. The maximum Gasteiger partial charge on any atom is 0.239 e. The van der Waals surface area contributed by atoms with Gasteiger partial charge in [-0.2, -0.15) is 5.10 Å². The van der Waals surface area contributed by atoms with E-state index in [9.17, 15) is 4.79 Å². The molecule has 2 aliphatic heterocycles. The third kappa shape index (κ3) is 3.64. The lowest BCUT2D eigenvalue weighted by Crippen LogP contribution is -2.53. The molecule has 0 aliphatic carbocycles. The van der Waals surface area contributed by atoms with Crippen LogP contribution in [0.3, 0.4) is 0 Å². The molecule has 122 valence electrons. The van der Waals surface area contributed by atoms with Crippen molar-refractivity contribution in [3.05, 3.63) is 12.7 Å². The van der Waals surface area contributed by atoms with Crippen molar-refractivity contribution >= 4 is 5.91 Å². The number of amides is 1. The first-order valence-electron chi connectivity index (χ1n) is 8.17. The van der Waals surface area contributed by atoms with E-state index < -0.39 is 0 Å². The van der Waals surface area contributed by atoms with Gasteiger partial charge in [-0.25, -0.2) is 4.98 Å². The first-order valence-corrected chi connectivity index (χ1v) is 8.17. The SMILES string of the molecule is CC(C(=O)N1CCOCC1)N1CCCC(Cn2cncn2)C1. The second-order valence-electron chi connectivity index (χ2n) is 6.23. The quantitative estimate of drug-likeness (QED) is 0.797. The van der Waals surface area contributed by atoms with Gasteiger partial charge in [-0.1, -0.05) is 0 Å². The van der Waals surface area contributed by atoms with Gasteiger partial charge in [0.25, 0.3) is 0 Å². The molecule has 3 heterocycles. The number of nitrogens with zero attached hydrogens (tertiary/aromatic N) is 5. The number of hydrogen-bond acceptors (Lipinski definition) is 5. The Morgan fingerprint density at radius 1 is 1.36 bits per heavy atom. The Morgan fingerprint density at radius 2 is 2.18 bits per heavy atom. The van der Waals surface area contributed by atoms with E-state index in [1.807, 2.05) is 16.5 Å². The fourth-order valence-corrected chi connectivity index (χ4v) is 3.39. The third-order valence-electron chi connectivity index (χ3n) is 4.69. The number of morpholine rings is 1. The zero-order chi connectivity index (χ0) is 15.4. The molecule has 3 rings (SSSR count). The molecule has 22 heavy (non-hydrogen) atoms. The van der Waals surface area contributed by atoms with Crippen molar-refractivity contribution in [1.29, 1.82) is 0 Å². The van der Waals surface area contributed by atoms with Crippen molar-refractivity contribution in [3.8, 4) is 0 Å². The van der Waals surface area contributed by atoms with Gasteiger partial charge in [0.1, 0.15) is 12.7 Å². The van der Waals surface area contributed by atoms with Crippen LogP contribution in [0.15, 0.2) is 12.7 Å². The number of aromatic nitrogens is 3. The molecule has 0 saturated carbocycles. The highest BCUT2D eigenvalue weighted by atomic mass is 16.5. The number of rotatable bonds is 4. The predicted octanol–water partition coefficient (Wildman–Crippen LogP) is 0.237. The fourth-order valence-electron chi connectivity index (χ4n) is 3.39. The van der Waals surface area contributed by atoms with Crippen molar-refractivity contribution in [2.75, 3.05) is 39.4 Å². The van der Waals surface area contributed by atoms with Crippen LogP contribution in [0.1, 0.15) is 19.8 Å². The van der Waals surface area contributed by atoms with Gasteiger partial charge in [-0.05, 0) is 32.2 Å². The van der Waals surface area contributed by atoms with Crippen LogP contribution in [0, 0.1) is 5.92 Å². The Balaban J connectivity index is 1.55. The van der Waals surface area contributed by atoms with Crippen LogP contribution in [0.4, 0.5) is 0 Å². The molecule has 1 aromatic rings. The molecule has 0 spiro atoms. The van der Waals surface area contributed by atoms with Crippen molar-refractivity contribution in [3.63, 3.8) is 0 Å². The zero-order valence-corrected chi connectivity index (χ0v) is 13.2. The van der Waals surface area contributed by atoms with Crippen LogP contribution in [0.5, 0.6) is 0 Å². The summed E-state index contributed by atoms with van der Waals surface area (Å²) < 4.78 is 7.22. The summed E-state index contributed by atoms with van der Waals surface area (Å²) in [5.41, 5.74) is 0. The molecule has 2 saturated heterocycles. The normalized spacial score (nSPS) is 25.1. The lowest BCUT2D eigenvalue weighted by Gasteiger charge is -2.38. The highest BCUT2D eigenvalue weighted by Gasteiger charge is 2.30. The minimum atomic E-state index is -0.0448. The van der Waals surface area contributed by atoms with E-state index in [0.29, 0.717) is 19.1 Å². The van der Waals surface area contributed by atoms with E-state index in [4.69, 9.17) is 4.74 Å². The average molecular weight is 307 g/mol. The third-order valence-corrected chi connectivity index (χ3v) is 4.69. The number of piperidine rings is 1. The van der Waals surface area contributed by atoms with Crippen molar-refractivity contribution in [2.24, 2.45) is 5.92 Å². The summed E-state index contributed by atoms with van der Waals surface area (Å²) in [5, 5.41) is 4.19. The van der Waals surface area contributed by atoms with Crippen molar-refractivity contribution < 1.29 is 9.53 Å². The molecule has 1 amide bonds. The van der Waals surface area contributed by atoms with Crippen molar-refractivity contribution in [2.45, 2.75) is 32.4 Å². The van der Waals surface area contributed by atoms with E-state index in [0.717, 1.165) is 39.1 Å². The van der Waals surface area contributed by atoms with Crippen LogP contribution < -0.4 is 0 Å². The second-order valence-corrected chi connectivity index (χ2v) is 6.23. The van der Waals surface area contributed by atoms with Gasteiger partial charge in [0.2, 0.25) is 5.91 Å². The molecule has 0 N–H and O–H groups in total. The van der Waals surface area contributed by atoms with E-state index in [1.165, 1.54) is 6.42 Å². The molecular weight excluding hydrogens is 282 g/mol. The summed E-state index contributed by atoms with van der Waals surface area (Å²) in [6, 6.07) is -0.0448. The summed E-state index contributed by atoms with van der Waals surface area (Å²) >= 11 is 0. The van der Waals surface area contributed by atoms with Crippen molar-refractivity contribution in [1.82, 2.24) is 24.6 Å². The number of ether oxygens (including phenoxy) is 1. The smallest absolute Gasteiger partial charge is 0.239 e. The number of carbonyl (C=O) groups is 1. The van der Waals surface area contributed by atoms with E-state index in [2.05, 4.69) is 15.0 Å². The molecule has 7 nitrogen and oxygen atoms in total. The van der Waals surface area contributed by atoms with Crippen LogP contribution in [0.25, 0.3) is 0 Å². The minimum absolute atomic E-state index is 0.0448. The first kappa shape index (κ1) is 15.4. The Bertz CT molecular complexity index is 472. The summed E-state index contributed by atoms with van der Waals surface area (Å²) in [4.78, 5) is 20.9. The molecule has 2 atom stereocenters. The van der Waals surface area contributed by atoms with E-state index in [1.54, 1.807) is 12.7 Å². The van der Waals surface area contributed by atoms with Crippen LogP contribution in [-0.2, 0) is 16.1 Å². The minimum Gasteiger partial charge on any atom is -0.378 e. The average Bonchev–Trinajstić information content (AvgIpc) is 3.07. The van der Waals surface area contributed by atoms with Gasteiger partial charge in [0.05, 0.1) is 19.3 Å². The molecular formula is C15H25N5O2. The number of likely N-dealkylation sites (tertiary alicyclic amines) is 1. The molecule has 0 radical (unpaired) electrons. The van der Waals surface area contributed by atoms with E-state index in [-0.39, 0.29) is 11.9 Å². The Morgan fingerprint density at radius 3 is 2.91 bits per heavy atom. The maximum absolute atomic E-state index is 12.6. The number of hydrogen-bond donors (Lipinski definition) is 0. The van der Waals surface area contributed by atoms with Gasteiger partial charge in [-0.3, -0.25) is 14.4 Å². The summed E-state index contributed by atoms with van der Waals surface area (Å²) in [7, 11) is 0. The van der Waals surface area contributed by atoms with Crippen LogP contribution >= 0.6 is 0 Å². The zero-order valence-electron chi connectivity index (χ0n) is 13.2. The lowest BCUT2D eigenvalue weighted by molar-refractivity contribution is -0.141. The topological polar surface area (TPSA) is 63.5 Å². The molecule has 2 aliphatic rings. The summed E-state index contributed by atoms with van der Waals surface area (Å²) in [6.07, 6.45) is 5.67.